The second-order valence-electron chi connectivity index (χ2n) is 4.31. The number of hydrogen-bond acceptors (Lipinski definition) is 3. The summed E-state index contributed by atoms with van der Waals surface area (Å²) in [5.41, 5.74) is 1.85. The van der Waals surface area contributed by atoms with Gasteiger partial charge in [0.15, 0.2) is 0 Å². The number of benzene rings is 2. The lowest BCUT2D eigenvalue weighted by Crippen LogP contribution is -2.07. The number of carboxylic acid groups (broad SMARTS) is 1. The molecule has 2 rings (SSSR count). The number of nitrogens with one attached hydrogen (secondary N) is 1. The number of carboxylic acids is 1. The number of para-hydroxylation sites is 1. The molecule has 1 unspecified atom stereocenters. The number of carbonyl (C=O) groups is 1. The zero-order valence-corrected chi connectivity index (χ0v) is 10.5. The van der Waals surface area contributed by atoms with Crippen molar-refractivity contribution in [2.24, 2.45) is 0 Å². The molecule has 2 aromatic rings. The maximum Gasteiger partial charge on any atom is 0.335 e. The highest BCUT2D eigenvalue weighted by Crippen LogP contribution is 2.26. The number of aromatic hydroxyl groups is 1. The lowest BCUT2D eigenvalue weighted by molar-refractivity contribution is 0.0697. The van der Waals surface area contributed by atoms with Crippen molar-refractivity contribution >= 4 is 11.7 Å². The summed E-state index contributed by atoms with van der Waals surface area (Å²) in [6.45, 7) is 1.93. The molecule has 0 spiro atoms. The Bertz CT molecular complexity index is 578. The van der Waals surface area contributed by atoms with Crippen LogP contribution in [0.5, 0.6) is 5.75 Å². The van der Waals surface area contributed by atoms with E-state index in [0.717, 1.165) is 11.3 Å². The van der Waals surface area contributed by atoms with Crippen molar-refractivity contribution in [3.63, 3.8) is 0 Å². The molecule has 0 radical (unpaired) electrons. The number of aromatic carboxylic acids is 1. The van der Waals surface area contributed by atoms with Gasteiger partial charge in [0.05, 0.1) is 11.6 Å². The van der Waals surface area contributed by atoms with Gasteiger partial charge in [-0.15, -0.1) is 0 Å². The van der Waals surface area contributed by atoms with Crippen LogP contribution in [0.4, 0.5) is 5.69 Å². The van der Waals surface area contributed by atoms with Crippen molar-refractivity contribution < 1.29 is 15.0 Å². The maximum absolute atomic E-state index is 10.7. The predicted molar refractivity (Wildman–Crippen MR) is 73.5 cm³/mol. The lowest BCUT2D eigenvalue weighted by Gasteiger charge is -2.16. The van der Waals surface area contributed by atoms with Gasteiger partial charge in [0.25, 0.3) is 0 Å². The average molecular weight is 257 g/mol. The number of hydrogen-bond donors (Lipinski definition) is 3. The summed E-state index contributed by atoms with van der Waals surface area (Å²) in [7, 11) is 0. The van der Waals surface area contributed by atoms with Crippen LogP contribution in [0.2, 0.25) is 0 Å². The Morgan fingerprint density at radius 2 is 1.74 bits per heavy atom. The molecule has 98 valence electrons. The quantitative estimate of drug-likeness (QED) is 0.786. The van der Waals surface area contributed by atoms with Gasteiger partial charge < -0.3 is 15.5 Å². The van der Waals surface area contributed by atoms with Gasteiger partial charge in [-0.2, -0.15) is 0 Å². The van der Waals surface area contributed by atoms with E-state index < -0.39 is 5.97 Å². The maximum atomic E-state index is 10.7. The lowest BCUT2D eigenvalue weighted by atomic mass is 10.1. The molecule has 3 N–H and O–H groups in total. The van der Waals surface area contributed by atoms with Crippen LogP contribution in [0, 0.1) is 0 Å². The van der Waals surface area contributed by atoms with Gasteiger partial charge in [0.1, 0.15) is 5.75 Å². The smallest absolute Gasteiger partial charge is 0.335 e. The molecule has 0 heterocycles. The molecule has 0 amide bonds. The average Bonchev–Trinajstić information content (AvgIpc) is 2.39. The SMILES string of the molecule is CC(Nc1ccc(C(=O)O)cc1)c1ccccc1O. The first-order valence-electron chi connectivity index (χ1n) is 5.95. The monoisotopic (exact) mass is 257 g/mol. The van der Waals surface area contributed by atoms with E-state index in [1.807, 2.05) is 19.1 Å². The molecule has 2 aromatic carbocycles. The molecule has 0 bridgehead atoms. The van der Waals surface area contributed by atoms with E-state index in [4.69, 9.17) is 5.11 Å². The Balaban J connectivity index is 2.13. The zero-order valence-electron chi connectivity index (χ0n) is 10.5. The molecule has 4 heteroatoms. The van der Waals surface area contributed by atoms with Crippen molar-refractivity contribution in [1.82, 2.24) is 0 Å². The fraction of sp³-hybridized carbons (Fsp3) is 0.133. The Morgan fingerprint density at radius 3 is 2.32 bits per heavy atom. The van der Waals surface area contributed by atoms with Gasteiger partial charge in [-0.05, 0) is 37.3 Å². The topological polar surface area (TPSA) is 69.6 Å². The van der Waals surface area contributed by atoms with Crippen molar-refractivity contribution in [2.45, 2.75) is 13.0 Å². The van der Waals surface area contributed by atoms with E-state index in [0.29, 0.717) is 0 Å². The van der Waals surface area contributed by atoms with Gasteiger partial charge in [0, 0.05) is 11.3 Å². The van der Waals surface area contributed by atoms with Crippen LogP contribution < -0.4 is 5.32 Å². The first-order chi connectivity index (χ1) is 9.08. The van der Waals surface area contributed by atoms with Crippen LogP contribution in [0.25, 0.3) is 0 Å². The second kappa shape index (κ2) is 5.44. The van der Waals surface area contributed by atoms with E-state index in [9.17, 15) is 9.90 Å². The third-order valence-electron chi connectivity index (χ3n) is 2.92. The van der Waals surface area contributed by atoms with Crippen molar-refractivity contribution in [1.29, 1.82) is 0 Å². The summed E-state index contributed by atoms with van der Waals surface area (Å²) in [6.07, 6.45) is 0. The molecule has 0 saturated carbocycles. The highest BCUT2D eigenvalue weighted by atomic mass is 16.4. The third kappa shape index (κ3) is 3.04. The van der Waals surface area contributed by atoms with Crippen molar-refractivity contribution in [2.75, 3.05) is 5.32 Å². The number of anilines is 1. The molecule has 0 aliphatic carbocycles. The Labute approximate surface area is 111 Å². The van der Waals surface area contributed by atoms with Crippen LogP contribution in [0.3, 0.4) is 0 Å². The van der Waals surface area contributed by atoms with Crippen LogP contribution in [0.1, 0.15) is 28.9 Å². The Kier molecular flexibility index (Phi) is 3.71. The van der Waals surface area contributed by atoms with Crippen LogP contribution in [-0.4, -0.2) is 16.2 Å². The van der Waals surface area contributed by atoms with E-state index in [1.165, 1.54) is 0 Å². The van der Waals surface area contributed by atoms with Gasteiger partial charge in [-0.1, -0.05) is 18.2 Å². The highest BCUT2D eigenvalue weighted by Gasteiger charge is 2.09. The molecule has 0 saturated heterocycles. The van der Waals surface area contributed by atoms with Crippen molar-refractivity contribution in [3.05, 3.63) is 59.7 Å². The molecule has 0 aromatic heterocycles. The molecule has 4 nitrogen and oxygen atoms in total. The van der Waals surface area contributed by atoms with Gasteiger partial charge in [-0.25, -0.2) is 4.79 Å². The van der Waals surface area contributed by atoms with E-state index >= 15 is 0 Å². The van der Waals surface area contributed by atoms with Gasteiger partial charge in [0.2, 0.25) is 0 Å². The van der Waals surface area contributed by atoms with E-state index in [2.05, 4.69) is 5.32 Å². The zero-order chi connectivity index (χ0) is 13.8. The third-order valence-corrected chi connectivity index (χ3v) is 2.92. The minimum atomic E-state index is -0.944. The summed E-state index contributed by atoms with van der Waals surface area (Å²) in [5.74, 6) is -0.704. The van der Waals surface area contributed by atoms with Crippen LogP contribution >= 0.6 is 0 Å². The number of rotatable bonds is 4. The minimum Gasteiger partial charge on any atom is -0.508 e. The standard InChI is InChI=1S/C15H15NO3/c1-10(13-4-2-3-5-14(13)17)16-12-8-6-11(7-9-12)15(18)19/h2-10,16-17H,1H3,(H,18,19). The molecule has 19 heavy (non-hydrogen) atoms. The Hall–Kier alpha value is -2.49. The van der Waals surface area contributed by atoms with Gasteiger partial charge >= 0.3 is 5.97 Å². The predicted octanol–water partition coefficient (Wildman–Crippen LogP) is 3.26. The molecule has 0 fully saturated rings. The fourth-order valence-electron chi connectivity index (χ4n) is 1.89. The molecule has 1 atom stereocenters. The number of phenols is 1. The molecular weight excluding hydrogens is 242 g/mol. The van der Waals surface area contributed by atoms with Gasteiger partial charge in [-0.3, -0.25) is 0 Å². The van der Waals surface area contributed by atoms with Crippen molar-refractivity contribution in [3.8, 4) is 5.75 Å². The van der Waals surface area contributed by atoms with E-state index in [-0.39, 0.29) is 17.4 Å². The number of phenolic OH excluding ortho intramolecular Hbond substituents is 1. The minimum absolute atomic E-state index is 0.0723. The summed E-state index contributed by atoms with van der Waals surface area (Å²) in [5, 5.41) is 21.8. The Morgan fingerprint density at radius 1 is 1.11 bits per heavy atom. The van der Waals surface area contributed by atoms with E-state index in [1.54, 1.807) is 36.4 Å². The first kappa shape index (κ1) is 13.0. The first-order valence-corrected chi connectivity index (χ1v) is 5.95. The highest BCUT2D eigenvalue weighted by molar-refractivity contribution is 5.88. The molecule has 0 aliphatic heterocycles. The molecular formula is C15H15NO3. The van der Waals surface area contributed by atoms with Crippen LogP contribution in [0.15, 0.2) is 48.5 Å². The summed E-state index contributed by atoms with van der Waals surface area (Å²) in [6, 6.07) is 13.6. The van der Waals surface area contributed by atoms with Crippen LogP contribution in [-0.2, 0) is 0 Å². The summed E-state index contributed by atoms with van der Waals surface area (Å²) >= 11 is 0. The normalized spacial score (nSPS) is 11.8. The second-order valence-corrected chi connectivity index (χ2v) is 4.31. The summed E-state index contributed by atoms with van der Waals surface area (Å²) in [4.78, 5) is 10.7. The fourth-order valence-corrected chi connectivity index (χ4v) is 1.89. The molecule has 0 aliphatic rings. The largest absolute Gasteiger partial charge is 0.508 e. The summed E-state index contributed by atoms with van der Waals surface area (Å²) < 4.78 is 0.